The van der Waals surface area contributed by atoms with E-state index in [1.807, 2.05) is 84.4 Å². The van der Waals surface area contributed by atoms with Crippen LogP contribution in [-0.4, -0.2) is 39.5 Å². The van der Waals surface area contributed by atoms with E-state index < -0.39 is 6.10 Å². The van der Waals surface area contributed by atoms with Gasteiger partial charge in [0, 0.05) is 19.6 Å². The Labute approximate surface area is 213 Å². The summed E-state index contributed by atoms with van der Waals surface area (Å²) >= 11 is 0. The number of aromatic nitrogens is 2. The van der Waals surface area contributed by atoms with Crippen molar-refractivity contribution in [3.8, 4) is 23.1 Å². The van der Waals surface area contributed by atoms with E-state index in [1.165, 1.54) is 5.56 Å². The first-order valence-electron chi connectivity index (χ1n) is 12.5. The van der Waals surface area contributed by atoms with Crippen LogP contribution < -0.4 is 9.47 Å². The van der Waals surface area contributed by atoms with Crippen LogP contribution in [0.4, 0.5) is 0 Å². The second kappa shape index (κ2) is 12.4. The maximum absolute atomic E-state index is 10.7. The number of aliphatic hydroxyl groups excluding tert-OH is 1. The molecular weight excluding hydrogens is 450 g/mol. The van der Waals surface area contributed by atoms with Crippen LogP contribution in [0.15, 0.2) is 84.9 Å². The molecule has 1 unspecified atom stereocenters. The molecule has 0 aliphatic rings. The first-order valence-corrected chi connectivity index (χ1v) is 12.5. The number of benzene rings is 3. The highest BCUT2D eigenvalue weighted by Gasteiger charge is 2.23. The van der Waals surface area contributed by atoms with Crippen molar-refractivity contribution in [2.24, 2.45) is 0 Å². The fraction of sp³-hybridized carbons (Fsp3) is 0.300. The van der Waals surface area contributed by atoms with Crippen LogP contribution in [0.1, 0.15) is 36.6 Å². The number of ether oxygens (including phenoxy) is 2. The Morgan fingerprint density at radius 1 is 0.889 bits per heavy atom. The minimum Gasteiger partial charge on any atom is -0.497 e. The molecule has 0 amide bonds. The van der Waals surface area contributed by atoms with E-state index in [9.17, 15) is 5.11 Å². The number of aryl methyl sites for hydroxylation is 1. The molecule has 0 saturated heterocycles. The van der Waals surface area contributed by atoms with E-state index in [2.05, 4.69) is 24.0 Å². The number of aliphatic hydroxyl groups is 1. The lowest BCUT2D eigenvalue weighted by molar-refractivity contribution is 0.0965. The Kier molecular flexibility index (Phi) is 8.76. The van der Waals surface area contributed by atoms with E-state index >= 15 is 0 Å². The summed E-state index contributed by atoms with van der Waals surface area (Å²) in [5.74, 6) is 2.15. The van der Waals surface area contributed by atoms with Crippen LogP contribution in [0, 0.1) is 6.92 Å². The number of nitrogens with zero attached hydrogens (tertiary/aromatic N) is 3. The fourth-order valence-corrected chi connectivity index (χ4v) is 4.30. The molecule has 4 rings (SSSR count). The third kappa shape index (κ3) is 6.53. The van der Waals surface area contributed by atoms with Gasteiger partial charge >= 0.3 is 0 Å². The first-order chi connectivity index (χ1) is 17.6. The normalized spacial score (nSPS) is 12.0. The minimum atomic E-state index is -0.394. The summed E-state index contributed by atoms with van der Waals surface area (Å²) in [7, 11) is 1.65. The lowest BCUT2D eigenvalue weighted by atomic mass is 10.1. The predicted molar refractivity (Wildman–Crippen MR) is 143 cm³/mol. The molecule has 6 nitrogen and oxygen atoms in total. The minimum absolute atomic E-state index is 0.394. The third-order valence-corrected chi connectivity index (χ3v) is 6.13. The molecule has 0 bridgehead atoms. The van der Waals surface area contributed by atoms with Gasteiger partial charge in [0.15, 0.2) is 0 Å². The van der Waals surface area contributed by atoms with Gasteiger partial charge in [0.05, 0.1) is 30.2 Å². The van der Waals surface area contributed by atoms with Crippen molar-refractivity contribution in [2.75, 3.05) is 13.7 Å². The van der Waals surface area contributed by atoms with Crippen molar-refractivity contribution in [3.63, 3.8) is 0 Å². The molecule has 1 atom stereocenters. The van der Waals surface area contributed by atoms with E-state index in [4.69, 9.17) is 14.6 Å². The Morgan fingerprint density at radius 2 is 1.53 bits per heavy atom. The van der Waals surface area contributed by atoms with Crippen LogP contribution in [0.2, 0.25) is 0 Å². The molecular formula is C30H35N3O3. The van der Waals surface area contributed by atoms with Gasteiger partial charge in [-0.3, -0.25) is 4.90 Å². The summed E-state index contributed by atoms with van der Waals surface area (Å²) in [5.41, 5.74) is 4.02. The molecule has 1 aromatic heterocycles. The Bertz CT molecular complexity index is 1210. The van der Waals surface area contributed by atoms with Crippen molar-refractivity contribution in [1.29, 1.82) is 0 Å². The smallest absolute Gasteiger partial charge is 0.227 e. The number of para-hydroxylation sites is 1. The van der Waals surface area contributed by atoms with Gasteiger partial charge in [-0.25, -0.2) is 4.68 Å². The maximum atomic E-state index is 10.7. The molecule has 1 heterocycles. The molecule has 0 aliphatic heterocycles. The fourth-order valence-electron chi connectivity index (χ4n) is 4.30. The average Bonchev–Trinajstić information content (AvgIpc) is 3.20. The van der Waals surface area contributed by atoms with Crippen LogP contribution in [-0.2, 0) is 13.1 Å². The number of hydrogen-bond acceptors (Lipinski definition) is 5. The van der Waals surface area contributed by atoms with Crippen molar-refractivity contribution in [2.45, 2.75) is 45.9 Å². The molecule has 0 aliphatic carbocycles. The number of hydrogen-bond donors (Lipinski definition) is 1. The predicted octanol–water partition coefficient (Wildman–Crippen LogP) is 6.14. The third-order valence-electron chi connectivity index (χ3n) is 6.13. The summed E-state index contributed by atoms with van der Waals surface area (Å²) < 4.78 is 13.6. The van der Waals surface area contributed by atoms with E-state index in [1.54, 1.807) is 7.11 Å². The molecule has 4 aromatic rings. The van der Waals surface area contributed by atoms with Gasteiger partial charge < -0.3 is 14.6 Å². The topological polar surface area (TPSA) is 59.8 Å². The van der Waals surface area contributed by atoms with Gasteiger partial charge in [0.25, 0.3) is 0 Å². The highest BCUT2D eigenvalue weighted by molar-refractivity contribution is 5.44. The van der Waals surface area contributed by atoms with Crippen molar-refractivity contribution < 1.29 is 14.6 Å². The van der Waals surface area contributed by atoms with Crippen molar-refractivity contribution in [3.05, 3.63) is 102 Å². The quantitative estimate of drug-likeness (QED) is 0.261. The lowest BCUT2D eigenvalue weighted by Gasteiger charge is -2.25. The number of rotatable bonds is 12. The molecule has 0 saturated carbocycles. The van der Waals surface area contributed by atoms with Gasteiger partial charge in [-0.15, -0.1) is 0 Å². The zero-order chi connectivity index (χ0) is 25.3. The SMILES string of the molecule is CCCC(O)CN(Cc1ccccc1)Cc1c(C)nn(-c2ccccc2)c1Oc1ccc(OC)cc1. The zero-order valence-corrected chi connectivity index (χ0v) is 21.3. The molecule has 0 fully saturated rings. The Hall–Kier alpha value is -3.61. The number of methoxy groups -OCH3 is 1. The molecule has 188 valence electrons. The van der Waals surface area contributed by atoms with Gasteiger partial charge in [-0.1, -0.05) is 61.9 Å². The second-order valence-corrected chi connectivity index (χ2v) is 8.99. The van der Waals surface area contributed by atoms with E-state index in [0.29, 0.717) is 24.7 Å². The van der Waals surface area contributed by atoms with Crippen molar-refractivity contribution >= 4 is 0 Å². The molecule has 36 heavy (non-hydrogen) atoms. The highest BCUT2D eigenvalue weighted by Crippen LogP contribution is 2.32. The summed E-state index contributed by atoms with van der Waals surface area (Å²) in [5, 5.41) is 15.5. The summed E-state index contributed by atoms with van der Waals surface area (Å²) in [6.45, 7) is 6.00. The van der Waals surface area contributed by atoms with Crippen LogP contribution in [0.5, 0.6) is 17.4 Å². The van der Waals surface area contributed by atoms with E-state index in [0.717, 1.165) is 42.1 Å². The summed E-state index contributed by atoms with van der Waals surface area (Å²) in [6.07, 6.45) is 1.31. The largest absolute Gasteiger partial charge is 0.497 e. The van der Waals surface area contributed by atoms with Gasteiger partial charge in [-0.2, -0.15) is 5.10 Å². The second-order valence-electron chi connectivity index (χ2n) is 8.99. The van der Waals surface area contributed by atoms with Crippen LogP contribution >= 0.6 is 0 Å². The van der Waals surface area contributed by atoms with Gasteiger partial charge in [0.2, 0.25) is 5.88 Å². The monoisotopic (exact) mass is 485 g/mol. The van der Waals surface area contributed by atoms with Crippen molar-refractivity contribution in [1.82, 2.24) is 14.7 Å². The Morgan fingerprint density at radius 3 is 2.17 bits per heavy atom. The standard InChI is InChI=1S/C30H35N3O3/c1-4-11-26(34)21-32(20-24-12-7-5-8-13-24)22-29-23(2)31-33(25-14-9-6-10-15-25)30(29)36-28-18-16-27(35-3)17-19-28/h5-10,12-19,26,34H,4,11,20-22H2,1-3H3. The highest BCUT2D eigenvalue weighted by atomic mass is 16.5. The van der Waals surface area contributed by atoms with Crippen LogP contribution in [0.25, 0.3) is 5.69 Å². The summed E-state index contributed by atoms with van der Waals surface area (Å²) in [6, 6.07) is 27.9. The molecule has 0 spiro atoms. The van der Waals surface area contributed by atoms with Gasteiger partial charge in [0.1, 0.15) is 11.5 Å². The molecule has 1 N–H and O–H groups in total. The molecule has 0 radical (unpaired) electrons. The molecule has 6 heteroatoms. The summed E-state index contributed by atoms with van der Waals surface area (Å²) in [4.78, 5) is 2.27. The van der Waals surface area contributed by atoms with E-state index in [-0.39, 0.29) is 0 Å². The average molecular weight is 486 g/mol. The lowest BCUT2D eigenvalue weighted by Crippen LogP contribution is -2.32. The van der Waals surface area contributed by atoms with Crippen LogP contribution in [0.3, 0.4) is 0 Å². The zero-order valence-electron chi connectivity index (χ0n) is 21.3. The molecule has 3 aromatic carbocycles. The van der Waals surface area contributed by atoms with Gasteiger partial charge in [-0.05, 0) is 55.3 Å². The Balaban J connectivity index is 1.70. The maximum Gasteiger partial charge on any atom is 0.227 e. The first kappa shape index (κ1) is 25.5.